The summed E-state index contributed by atoms with van der Waals surface area (Å²) < 4.78 is 23.9. The van der Waals surface area contributed by atoms with Crippen LogP contribution < -0.4 is 5.32 Å². The zero-order valence-electron chi connectivity index (χ0n) is 13.1. The molecule has 23 heavy (non-hydrogen) atoms. The average Bonchev–Trinajstić information content (AvgIpc) is 2.48. The Bertz CT molecular complexity index is 695. The van der Waals surface area contributed by atoms with Gasteiger partial charge in [-0.15, -0.1) is 6.58 Å². The van der Waals surface area contributed by atoms with Crippen LogP contribution in [-0.2, 0) is 9.84 Å². The molecular weight excluding hydrogens is 318 g/mol. The quantitative estimate of drug-likeness (QED) is 0.484. The summed E-state index contributed by atoms with van der Waals surface area (Å²) in [6, 6.07) is 4.07. The second kappa shape index (κ2) is 7.10. The fourth-order valence-electron chi connectivity index (χ4n) is 2.71. The molecule has 0 unspecified atom stereocenters. The summed E-state index contributed by atoms with van der Waals surface area (Å²) in [6.07, 6.45) is 4.69. The minimum absolute atomic E-state index is 0.0276. The number of likely N-dealkylation sites (tertiary alicyclic amines) is 1. The van der Waals surface area contributed by atoms with E-state index in [0.717, 1.165) is 44.8 Å². The molecule has 0 radical (unpaired) electrons. The van der Waals surface area contributed by atoms with Gasteiger partial charge in [0.2, 0.25) is 0 Å². The van der Waals surface area contributed by atoms with Crippen LogP contribution in [0.3, 0.4) is 0 Å². The SMILES string of the molecule is C=CCN1CCC(Nc2ccc([N+](=O)[O-])cc2S(C)(=O)=O)CC1. The average molecular weight is 339 g/mol. The first kappa shape index (κ1) is 17.4. The van der Waals surface area contributed by atoms with Crippen LogP contribution in [0.2, 0.25) is 0 Å². The molecule has 1 aliphatic rings. The maximum Gasteiger partial charge on any atom is 0.270 e. The van der Waals surface area contributed by atoms with Crippen molar-refractivity contribution >= 4 is 21.2 Å². The highest BCUT2D eigenvalue weighted by Gasteiger charge is 2.23. The second-order valence-electron chi connectivity index (χ2n) is 5.72. The molecule has 8 heteroatoms. The van der Waals surface area contributed by atoms with Gasteiger partial charge in [-0.1, -0.05) is 6.08 Å². The van der Waals surface area contributed by atoms with Gasteiger partial charge in [0.15, 0.2) is 9.84 Å². The van der Waals surface area contributed by atoms with Crippen LogP contribution >= 0.6 is 0 Å². The number of nitrogens with one attached hydrogen (secondary N) is 1. The van der Waals surface area contributed by atoms with Gasteiger partial charge in [0.05, 0.1) is 15.5 Å². The van der Waals surface area contributed by atoms with E-state index in [-0.39, 0.29) is 16.6 Å². The lowest BCUT2D eigenvalue weighted by molar-refractivity contribution is -0.385. The largest absolute Gasteiger partial charge is 0.381 e. The van der Waals surface area contributed by atoms with Gasteiger partial charge in [-0.05, 0) is 18.9 Å². The van der Waals surface area contributed by atoms with Gasteiger partial charge < -0.3 is 5.32 Å². The molecule has 1 fully saturated rings. The monoisotopic (exact) mass is 339 g/mol. The van der Waals surface area contributed by atoms with Gasteiger partial charge in [0.1, 0.15) is 0 Å². The Morgan fingerprint density at radius 3 is 2.61 bits per heavy atom. The van der Waals surface area contributed by atoms with Crippen LogP contribution in [0.5, 0.6) is 0 Å². The van der Waals surface area contributed by atoms with Gasteiger partial charge in [0.25, 0.3) is 5.69 Å². The van der Waals surface area contributed by atoms with Crippen molar-refractivity contribution in [3.05, 3.63) is 41.0 Å². The molecule has 126 valence electrons. The van der Waals surface area contributed by atoms with Gasteiger partial charge in [-0.3, -0.25) is 15.0 Å². The molecule has 0 aromatic heterocycles. The number of hydrogen-bond acceptors (Lipinski definition) is 6. The molecule has 1 saturated heterocycles. The maximum atomic E-state index is 11.9. The molecule has 1 aromatic carbocycles. The smallest absolute Gasteiger partial charge is 0.270 e. The number of sulfone groups is 1. The topological polar surface area (TPSA) is 92.5 Å². The van der Waals surface area contributed by atoms with Crippen molar-refractivity contribution in [2.75, 3.05) is 31.2 Å². The number of benzene rings is 1. The highest BCUT2D eigenvalue weighted by Crippen LogP contribution is 2.28. The van der Waals surface area contributed by atoms with E-state index in [1.165, 1.54) is 12.1 Å². The van der Waals surface area contributed by atoms with Gasteiger partial charge >= 0.3 is 0 Å². The van der Waals surface area contributed by atoms with Gasteiger partial charge in [-0.25, -0.2) is 8.42 Å². The molecule has 1 aromatic rings. The van der Waals surface area contributed by atoms with Gasteiger partial charge in [-0.2, -0.15) is 0 Å². The lowest BCUT2D eigenvalue weighted by Crippen LogP contribution is -2.39. The highest BCUT2D eigenvalue weighted by molar-refractivity contribution is 7.90. The van der Waals surface area contributed by atoms with E-state index in [9.17, 15) is 18.5 Å². The molecule has 0 amide bonds. The molecule has 0 aliphatic carbocycles. The lowest BCUT2D eigenvalue weighted by Gasteiger charge is -2.32. The first-order valence-corrected chi connectivity index (χ1v) is 9.28. The standard InChI is InChI=1S/C15H21N3O4S/c1-3-8-17-9-6-12(7-10-17)16-14-5-4-13(18(19)20)11-15(14)23(2,21)22/h3-5,11-12,16H,1,6-10H2,2H3. The molecule has 1 heterocycles. The number of piperidine rings is 1. The Morgan fingerprint density at radius 1 is 1.43 bits per heavy atom. The predicted octanol–water partition coefficient (Wildman–Crippen LogP) is 2.06. The minimum Gasteiger partial charge on any atom is -0.381 e. The second-order valence-corrected chi connectivity index (χ2v) is 7.70. The zero-order valence-corrected chi connectivity index (χ0v) is 13.9. The Kier molecular flexibility index (Phi) is 5.38. The van der Waals surface area contributed by atoms with E-state index in [1.54, 1.807) is 0 Å². The van der Waals surface area contributed by atoms with E-state index >= 15 is 0 Å². The number of nitro benzene ring substituents is 1. The minimum atomic E-state index is -3.55. The molecule has 0 bridgehead atoms. The van der Waals surface area contributed by atoms with Crippen LogP contribution in [0, 0.1) is 10.1 Å². The summed E-state index contributed by atoms with van der Waals surface area (Å²) in [5, 5.41) is 14.1. The van der Waals surface area contributed by atoms with Crippen molar-refractivity contribution in [2.45, 2.75) is 23.8 Å². The molecule has 0 spiro atoms. The fraction of sp³-hybridized carbons (Fsp3) is 0.467. The Balaban J connectivity index is 2.17. The fourth-order valence-corrected chi connectivity index (χ4v) is 3.57. The molecule has 2 rings (SSSR count). The van der Waals surface area contributed by atoms with E-state index in [0.29, 0.717) is 5.69 Å². The first-order valence-electron chi connectivity index (χ1n) is 7.39. The molecule has 1 aliphatic heterocycles. The third kappa shape index (κ3) is 4.52. The van der Waals surface area contributed by atoms with E-state index in [1.807, 2.05) is 6.08 Å². The van der Waals surface area contributed by atoms with E-state index < -0.39 is 14.8 Å². The summed E-state index contributed by atoms with van der Waals surface area (Å²) in [5.41, 5.74) is 0.206. The van der Waals surface area contributed by atoms with Crippen LogP contribution in [0.4, 0.5) is 11.4 Å². The Labute approximate surface area is 136 Å². The maximum absolute atomic E-state index is 11.9. The third-order valence-corrected chi connectivity index (χ3v) is 5.05. The van der Waals surface area contributed by atoms with Crippen molar-refractivity contribution in [1.82, 2.24) is 4.90 Å². The summed E-state index contributed by atoms with van der Waals surface area (Å²) in [5.74, 6) is 0. The van der Waals surface area contributed by atoms with Crippen molar-refractivity contribution in [2.24, 2.45) is 0 Å². The van der Waals surface area contributed by atoms with Crippen molar-refractivity contribution < 1.29 is 13.3 Å². The van der Waals surface area contributed by atoms with Crippen molar-refractivity contribution in [3.63, 3.8) is 0 Å². The normalized spacial score (nSPS) is 16.9. The summed E-state index contributed by atoms with van der Waals surface area (Å²) in [6.45, 7) is 6.38. The number of rotatable bonds is 6. The molecule has 0 saturated carbocycles. The number of anilines is 1. The van der Waals surface area contributed by atoms with Crippen LogP contribution in [-0.4, -0.2) is 50.2 Å². The van der Waals surface area contributed by atoms with Crippen LogP contribution in [0.15, 0.2) is 35.7 Å². The van der Waals surface area contributed by atoms with Crippen molar-refractivity contribution in [3.8, 4) is 0 Å². The molecule has 0 atom stereocenters. The molecule has 7 nitrogen and oxygen atoms in total. The first-order chi connectivity index (χ1) is 10.8. The summed E-state index contributed by atoms with van der Waals surface area (Å²) >= 11 is 0. The van der Waals surface area contributed by atoms with Crippen LogP contribution in [0.1, 0.15) is 12.8 Å². The summed E-state index contributed by atoms with van der Waals surface area (Å²) in [7, 11) is -3.55. The molecule has 1 N–H and O–H groups in total. The Morgan fingerprint density at radius 2 is 2.09 bits per heavy atom. The highest BCUT2D eigenvalue weighted by atomic mass is 32.2. The predicted molar refractivity (Wildman–Crippen MR) is 89.5 cm³/mol. The van der Waals surface area contributed by atoms with E-state index in [2.05, 4.69) is 16.8 Å². The van der Waals surface area contributed by atoms with Gasteiger partial charge in [0, 0.05) is 44.1 Å². The molecular formula is C15H21N3O4S. The summed E-state index contributed by atoms with van der Waals surface area (Å²) in [4.78, 5) is 12.5. The van der Waals surface area contributed by atoms with Crippen LogP contribution in [0.25, 0.3) is 0 Å². The van der Waals surface area contributed by atoms with Crippen molar-refractivity contribution in [1.29, 1.82) is 0 Å². The number of hydrogen-bond donors (Lipinski definition) is 1. The number of non-ortho nitro benzene ring substituents is 1. The third-order valence-electron chi connectivity index (χ3n) is 3.91. The van der Waals surface area contributed by atoms with E-state index in [4.69, 9.17) is 0 Å². The number of nitro groups is 1. The number of nitrogens with zero attached hydrogens (tertiary/aromatic N) is 2. The zero-order chi connectivity index (χ0) is 17.0. The Hall–Kier alpha value is -1.93. The lowest BCUT2D eigenvalue weighted by atomic mass is 10.0.